The molecule has 2 heterocycles. The third kappa shape index (κ3) is 7.79. The highest BCUT2D eigenvalue weighted by Gasteiger charge is 2.51. The van der Waals surface area contributed by atoms with Crippen molar-refractivity contribution < 1.29 is 54.4 Å². The Morgan fingerprint density at radius 3 is 2.06 bits per heavy atom. The van der Waals surface area contributed by atoms with E-state index in [1.165, 1.54) is 13.3 Å². The van der Waals surface area contributed by atoms with Crippen LogP contribution in [-0.4, -0.2) is 118 Å². The van der Waals surface area contributed by atoms with Crippen LogP contribution in [0.2, 0.25) is 0 Å². The number of aliphatic hydroxyl groups excluding tert-OH is 6. The summed E-state index contributed by atoms with van der Waals surface area (Å²) in [5.74, 6) is -0.449. The molecule has 34 heavy (non-hydrogen) atoms. The Morgan fingerprint density at radius 1 is 0.824 bits per heavy atom. The fourth-order valence-corrected chi connectivity index (χ4v) is 4.18. The van der Waals surface area contributed by atoms with Crippen molar-refractivity contribution in [1.82, 2.24) is 5.32 Å². The molecule has 0 radical (unpaired) electrons. The van der Waals surface area contributed by atoms with E-state index in [1.807, 2.05) is 0 Å². The summed E-state index contributed by atoms with van der Waals surface area (Å²) in [7, 11) is 0. The average molecular weight is 496 g/mol. The van der Waals surface area contributed by atoms with Crippen LogP contribution in [0.3, 0.4) is 0 Å². The van der Waals surface area contributed by atoms with E-state index in [9.17, 15) is 35.4 Å². The maximum atomic E-state index is 11.8. The van der Waals surface area contributed by atoms with E-state index in [2.05, 4.69) is 12.2 Å². The van der Waals surface area contributed by atoms with Crippen LogP contribution in [0.15, 0.2) is 0 Å². The van der Waals surface area contributed by atoms with Gasteiger partial charge in [0.25, 0.3) is 0 Å². The van der Waals surface area contributed by atoms with Crippen LogP contribution in [0.5, 0.6) is 0 Å². The van der Waals surface area contributed by atoms with E-state index < -0.39 is 80.5 Å². The molecule has 0 aromatic heterocycles. The molecule has 0 aromatic rings. The minimum Gasteiger partial charge on any atom is -0.394 e. The Hall–Kier alpha value is -0.930. The number of unbranched alkanes of at least 4 members (excludes halogenated alkanes) is 5. The third-order valence-electron chi connectivity index (χ3n) is 6.14. The molecule has 0 spiro atoms. The summed E-state index contributed by atoms with van der Waals surface area (Å²) >= 11 is 0. The molecule has 2 saturated heterocycles. The van der Waals surface area contributed by atoms with Gasteiger partial charge in [0.2, 0.25) is 5.91 Å². The van der Waals surface area contributed by atoms with Crippen LogP contribution >= 0.6 is 0 Å². The van der Waals surface area contributed by atoms with Gasteiger partial charge in [-0.05, 0) is 6.42 Å². The zero-order valence-electron chi connectivity index (χ0n) is 19.9. The highest BCUT2D eigenvalue weighted by molar-refractivity contribution is 5.73. The quantitative estimate of drug-likeness (QED) is 0.142. The monoisotopic (exact) mass is 495 g/mol. The fraction of sp³-hybridized carbons (Fsp3) is 0.955. The molecule has 12 nitrogen and oxygen atoms in total. The van der Waals surface area contributed by atoms with Gasteiger partial charge in [0, 0.05) is 13.5 Å². The van der Waals surface area contributed by atoms with Gasteiger partial charge in [-0.1, -0.05) is 39.0 Å². The Morgan fingerprint density at radius 2 is 1.44 bits per heavy atom. The molecule has 2 rings (SSSR count). The smallest absolute Gasteiger partial charge is 0.217 e. The van der Waals surface area contributed by atoms with Crippen molar-refractivity contribution in [1.29, 1.82) is 0 Å². The third-order valence-corrected chi connectivity index (χ3v) is 6.14. The maximum absolute atomic E-state index is 11.8. The SMILES string of the molecule is CCCCCCCCOC1OC(CO)C(OC2OC(CO)C(O)C(O)C2O)C(O)C1NC(C)=O. The summed E-state index contributed by atoms with van der Waals surface area (Å²) in [6, 6.07) is -1.05. The first-order valence-electron chi connectivity index (χ1n) is 12.0. The molecule has 2 aliphatic rings. The number of ether oxygens (including phenoxy) is 4. The number of amides is 1. The number of hydrogen-bond acceptors (Lipinski definition) is 11. The van der Waals surface area contributed by atoms with Crippen LogP contribution < -0.4 is 5.32 Å². The minimum atomic E-state index is -1.70. The largest absolute Gasteiger partial charge is 0.394 e. The van der Waals surface area contributed by atoms with Gasteiger partial charge < -0.3 is 54.9 Å². The van der Waals surface area contributed by atoms with E-state index in [4.69, 9.17) is 18.9 Å². The van der Waals surface area contributed by atoms with Gasteiger partial charge in [0.05, 0.1) is 13.2 Å². The molecule has 7 N–H and O–H groups in total. The summed E-state index contributed by atoms with van der Waals surface area (Å²) in [6.07, 6.45) is -6.33. The predicted octanol–water partition coefficient (Wildman–Crippen LogP) is -1.87. The number of aliphatic hydroxyl groups is 6. The summed E-state index contributed by atoms with van der Waals surface area (Å²) in [4.78, 5) is 11.8. The van der Waals surface area contributed by atoms with Crippen LogP contribution in [0.4, 0.5) is 0 Å². The Bertz CT molecular complexity index is 595. The molecule has 2 aliphatic heterocycles. The van der Waals surface area contributed by atoms with E-state index in [0.717, 1.165) is 32.1 Å². The molecule has 200 valence electrons. The van der Waals surface area contributed by atoms with Gasteiger partial charge in [0.15, 0.2) is 12.6 Å². The molecule has 2 fully saturated rings. The number of rotatable bonds is 13. The Kier molecular flexibility index (Phi) is 12.6. The average Bonchev–Trinajstić information content (AvgIpc) is 2.81. The van der Waals surface area contributed by atoms with Crippen LogP contribution in [0.1, 0.15) is 52.4 Å². The molecule has 0 saturated carbocycles. The van der Waals surface area contributed by atoms with E-state index >= 15 is 0 Å². The summed E-state index contributed by atoms with van der Waals surface area (Å²) in [5.41, 5.74) is 0. The molecular formula is C22H41NO11. The molecule has 0 aromatic carbocycles. The van der Waals surface area contributed by atoms with Crippen molar-refractivity contribution in [3.63, 3.8) is 0 Å². The van der Waals surface area contributed by atoms with Crippen LogP contribution in [0, 0.1) is 0 Å². The standard InChI is InChI=1S/C22H41NO11/c1-3-4-5-6-7-8-9-31-21-15(23-12(2)26)17(28)20(14(11-25)33-21)34-22-19(30)18(29)16(27)13(10-24)32-22/h13-22,24-25,27-30H,3-11H2,1-2H3,(H,23,26). The molecular weight excluding hydrogens is 454 g/mol. The van der Waals surface area contributed by atoms with Crippen molar-refractivity contribution in [2.45, 2.75) is 114 Å². The second kappa shape index (κ2) is 14.6. The summed E-state index contributed by atoms with van der Waals surface area (Å²) < 4.78 is 22.6. The zero-order chi connectivity index (χ0) is 25.3. The maximum Gasteiger partial charge on any atom is 0.217 e. The van der Waals surface area contributed by atoms with E-state index in [0.29, 0.717) is 6.61 Å². The number of hydrogen-bond donors (Lipinski definition) is 7. The molecule has 0 bridgehead atoms. The minimum absolute atomic E-state index is 0.329. The predicted molar refractivity (Wildman–Crippen MR) is 117 cm³/mol. The van der Waals surface area contributed by atoms with Crippen LogP contribution in [-0.2, 0) is 23.7 Å². The lowest BCUT2D eigenvalue weighted by Crippen LogP contribution is -2.67. The van der Waals surface area contributed by atoms with Gasteiger partial charge in [0.1, 0.15) is 48.8 Å². The first-order valence-corrected chi connectivity index (χ1v) is 12.0. The summed E-state index contributed by atoms with van der Waals surface area (Å²) in [5, 5.41) is 63.0. The van der Waals surface area contributed by atoms with E-state index in [-0.39, 0.29) is 0 Å². The first-order chi connectivity index (χ1) is 16.2. The van der Waals surface area contributed by atoms with Crippen LogP contribution in [0.25, 0.3) is 0 Å². The van der Waals surface area contributed by atoms with E-state index in [1.54, 1.807) is 0 Å². The van der Waals surface area contributed by atoms with Crippen molar-refractivity contribution in [2.75, 3.05) is 19.8 Å². The lowest BCUT2D eigenvalue weighted by Gasteiger charge is -2.47. The van der Waals surface area contributed by atoms with Crippen molar-refractivity contribution in [3.8, 4) is 0 Å². The number of carbonyl (C=O) groups is 1. The van der Waals surface area contributed by atoms with Crippen molar-refractivity contribution in [2.24, 2.45) is 0 Å². The number of nitrogens with one attached hydrogen (secondary N) is 1. The van der Waals surface area contributed by atoms with Gasteiger partial charge in [-0.2, -0.15) is 0 Å². The molecule has 1 amide bonds. The lowest BCUT2D eigenvalue weighted by atomic mass is 9.95. The van der Waals surface area contributed by atoms with Gasteiger partial charge >= 0.3 is 0 Å². The topological polar surface area (TPSA) is 187 Å². The summed E-state index contributed by atoms with van der Waals surface area (Å²) in [6.45, 7) is 2.51. The normalized spacial score (nSPS) is 38.6. The Labute approximate surface area is 199 Å². The Balaban J connectivity index is 2.05. The number of carbonyl (C=O) groups excluding carboxylic acids is 1. The lowest BCUT2D eigenvalue weighted by molar-refractivity contribution is -0.348. The molecule has 10 unspecified atom stereocenters. The second-order valence-electron chi connectivity index (χ2n) is 8.88. The zero-order valence-corrected chi connectivity index (χ0v) is 19.9. The molecule has 12 heteroatoms. The fourth-order valence-electron chi connectivity index (χ4n) is 4.18. The van der Waals surface area contributed by atoms with Crippen molar-refractivity contribution in [3.05, 3.63) is 0 Å². The first kappa shape index (κ1) is 29.3. The highest BCUT2D eigenvalue weighted by Crippen LogP contribution is 2.29. The van der Waals surface area contributed by atoms with Crippen molar-refractivity contribution >= 4 is 5.91 Å². The van der Waals surface area contributed by atoms with Gasteiger partial charge in [-0.3, -0.25) is 4.79 Å². The second-order valence-corrected chi connectivity index (χ2v) is 8.88. The highest BCUT2D eigenvalue weighted by atomic mass is 16.7. The molecule has 10 atom stereocenters. The van der Waals surface area contributed by atoms with Gasteiger partial charge in [-0.25, -0.2) is 0 Å². The van der Waals surface area contributed by atoms with Gasteiger partial charge in [-0.15, -0.1) is 0 Å². The molecule has 0 aliphatic carbocycles.